The van der Waals surface area contributed by atoms with Crippen LogP contribution in [-0.4, -0.2) is 48.8 Å². The summed E-state index contributed by atoms with van der Waals surface area (Å²) in [6.45, 7) is 9.20. The molecular weight excluding hydrogens is 467 g/mol. The number of pyridine rings is 2. The Kier molecular flexibility index (Phi) is 8.60. The summed E-state index contributed by atoms with van der Waals surface area (Å²) in [5.41, 5.74) is 1.74. The highest BCUT2D eigenvalue weighted by atomic mass is 32.2. The van der Waals surface area contributed by atoms with E-state index >= 15 is 0 Å². The van der Waals surface area contributed by atoms with Gasteiger partial charge in [0, 0.05) is 17.0 Å². The third kappa shape index (κ3) is 5.86. The largest absolute Gasteiger partial charge is 0.498 e. The van der Waals surface area contributed by atoms with Gasteiger partial charge < -0.3 is 14.4 Å². The number of allylic oxidation sites excluding steroid dienone is 3. The van der Waals surface area contributed by atoms with Gasteiger partial charge >= 0.3 is 0 Å². The van der Waals surface area contributed by atoms with E-state index in [1.165, 1.54) is 31.3 Å². The van der Waals surface area contributed by atoms with Crippen LogP contribution < -0.4 is 9.64 Å². The number of halogens is 1. The van der Waals surface area contributed by atoms with Crippen LogP contribution in [0.2, 0.25) is 0 Å². The van der Waals surface area contributed by atoms with Crippen LogP contribution >= 0.6 is 11.8 Å². The average Bonchev–Trinajstić information content (AvgIpc) is 2.87. The summed E-state index contributed by atoms with van der Waals surface area (Å²) in [6.07, 6.45) is 5.23. The van der Waals surface area contributed by atoms with Crippen molar-refractivity contribution in [3.63, 3.8) is 0 Å². The number of alkyl halides is 1. The topological polar surface area (TPSA) is 107 Å². The predicted octanol–water partition coefficient (Wildman–Crippen LogP) is 4.79. The Bertz CT molecular complexity index is 1250. The third-order valence-corrected chi connectivity index (χ3v) is 6.06. The van der Waals surface area contributed by atoms with Crippen LogP contribution in [0.1, 0.15) is 18.1 Å². The van der Waals surface area contributed by atoms with Crippen molar-refractivity contribution < 1.29 is 13.9 Å². The molecule has 178 valence electrons. The number of hydrogen-bond donors (Lipinski definition) is 0. The lowest BCUT2D eigenvalue weighted by atomic mass is 9.99. The Morgan fingerprint density at radius 2 is 2.09 bits per heavy atom. The van der Waals surface area contributed by atoms with Gasteiger partial charge in [-0.3, -0.25) is 9.98 Å². The van der Waals surface area contributed by atoms with Crippen molar-refractivity contribution in [1.82, 2.24) is 9.97 Å². The van der Waals surface area contributed by atoms with Crippen molar-refractivity contribution in [1.29, 1.82) is 10.5 Å². The van der Waals surface area contributed by atoms with Crippen LogP contribution in [0.25, 0.3) is 11.3 Å². The zero-order chi connectivity index (χ0) is 25.4. The van der Waals surface area contributed by atoms with Gasteiger partial charge in [0.1, 0.15) is 52.5 Å². The number of hydrogen-bond acceptors (Lipinski definition) is 9. The second-order valence-electron chi connectivity index (χ2n) is 7.36. The minimum Gasteiger partial charge on any atom is -0.498 e. The van der Waals surface area contributed by atoms with Crippen molar-refractivity contribution in [2.24, 2.45) is 4.99 Å². The summed E-state index contributed by atoms with van der Waals surface area (Å²) in [7, 11) is 1.53. The van der Waals surface area contributed by atoms with E-state index in [-0.39, 0.29) is 24.2 Å². The number of nitriles is 2. The number of aliphatic imine (C=N–C) groups is 1. The van der Waals surface area contributed by atoms with E-state index in [1.807, 2.05) is 0 Å². The number of aromatic nitrogens is 2. The molecule has 1 aliphatic rings. The number of anilines is 1. The summed E-state index contributed by atoms with van der Waals surface area (Å²) >= 11 is 1.27. The van der Waals surface area contributed by atoms with Gasteiger partial charge in [-0.25, -0.2) is 9.37 Å². The van der Waals surface area contributed by atoms with Gasteiger partial charge in [-0.2, -0.15) is 10.5 Å². The molecule has 10 heteroatoms. The molecule has 0 amide bonds. The Hall–Kier alpha value is -4.15. The number of rotatable bonds is 10. The van der Waals surface area contributed by atoms with Crippen molar-refractivity contribution in [3.05, 3.63) is 65.9 Å². The van der Waals surface area contributed by atoms with Crippen molar-refractivity contribution in [3.8, 4) is 29.1 Å². The van der Waals surface area contributed by atoms with E-state index in [2.05, 4.69) is 40.4 Å². The van der Waals surface area contributed by atoms with E-state index in [4.69, 9.17) is 9.47 Å². The summed E-state index contributed by atoms with van der Waals surface area (Å²) in [4.78, 5) is 14.7. The Labute approximate surface area is 207 Å². The number of methoxy groups -OCH3 is 1. The Morgan fingerprint density at radius 1 is 1.34 bits per heavy atom. The van der Waals surface area contributed by atoms with Crippen LogP contribution in [0.15, 0.2) is 64.8 Å². The predicted molar refractivity (Wildman–Crippen MR) is 134 cm³/mol. The van der Waals surface area contributed by atoms with E-state index in [0.29, 0.717) is 45.1 Å². The molecule has 0 saturated carbocycles. The fourth-order valence-electron chi connectivity index (χ4n) is 3.17. The molecule has 35 heavy (non-hydrogen) atoms. The van der Waals surface area contributed by atoms with Crippen molar-refractivity contribution >= 4 is 24.3 Å². The van der Waals surface area contributed by atoms with Crippen LogP contribution in [0.5, 0.6) is 5.75 Å². The smallest absolute Gasteiger partial charge is 0.148 e. The molecule has 0 radical (unpaired) electrons. The highest BCUT2D eigenvalue weighted by Crippen LogP contribution is 2.39. The standard InChI is InChI=1S/C25H23FN6O2S/c1-5-6-18(29-3)15-35-25-21(10-28)23(20(9-27)24(31-25)32-12-17(26)13-32)22-8-7-19(11-30-22)34-14-16(2)33-4/h5-8,11,14,17H,1,3,12-13,15H2,2,4H3/b16-14-,18-6-. The van der Waals surface area contributed by atoms with E-state index in [1.54, 1.807) is 36.1 Å². The van der Waals surface area contributed by atoms with Gasteiger partial charge in [0.15, 0.2) is 0 Å². The average molecular weight is 491 g/mol. The van der Waals surface area contributed by atoms with Crippen LogP contribution in [-0.2, 0) is 4.74 Å². The quantitative estimate of drug-likeness (QED) is 0.202. The molecule has 0 bridgehead atoms. The molecule has 3 rings (SSSR count). The highest BCUT2D eigenvalue weighted by Gasteiger charge is 2.32. The lowest BCUT2D eigenvalue weighted by molar-refractivity contribution is 0.273. The van der Waals surface area contributed by atoms with Crippen molar-refractivity contribution in [2.75, 3.05) is 30.9 Å². The molecule has 1 fully saturated rings. The molecule has 1 saturated heterocycles. The molecule has 0 spiro atoms. The van der Waals surface area contributed by atoms with Gasteiger partial charge in [0.05, 0.1) is 37.7 Å². The fourth-order valence-corrected chi connectivity index (χ4v) is 4.09. The monoisotopic (exact) mass is 490 g/mol. The Balaban J connectivity index is 2.11. The minimum absolute atomic E-state index is 0.123. The molecule has 2 aromatic heterocycles. The van der Waals surface area contributed by atoms with Crippen molar-refractivity contribution in [2.45, 2.75) is 18.1 Å². The molecule has 8 nitrogen and oxygen atoms in total. The number of nitrogens with zero attached hydrogens (tertiary/aromatic N) is 6. The lowest BCUT2D eigenvalue weighted by Gasteiger charge is -2.36. The van der Waals surface area contributed by atoms with Crippen LogP contribution in [0.3, 0.4) is 0 Å². The SMILES string of the molecule is C=C/C=C(/CSc1nc(N2CC(F)C2)c(C#N)c(-c2ccc(O/C=C(/C)OC)cn2)c1C#N)N=C. The summed E-state index contributed by atoms with van der Waals surface area (Å²) in [6, 6.07) is 7.65. The lowest BCUT2D eigenvalue weighted by Crippen LogP contribution is -2.49. The molecule has 0 unspecified atom stereocenters. The van der Waals surface area contributed by atoms with Crippen LogP contribution in [0, 0.1) is 22.7 Å². The molecule has 0 N–H and O–H groups in total. The fraction of sp³-hybridized carbons (Fsp3) is 0.240. The molecule has 3 heterocycles. The van der Waals surface area contributed by atoms with Gasteiger partial charge in [-0.15, -0.1) is 0 Å². The van der Waals surface area contributed by atoms with E-state index in [0.717, 1.165) is 0 Å². The zero-order valence-corrected chi connectivity index (χ0v) is 20.2. The Morgan fingerprint density at radius 3 is 2.63 bits per heavy atom. The van der Waals surface area contributed by atoms with Gasteiger partial charge in [-0.05, 0) is 31.9 Å². The first-order valence-electron chi connectivity index (χ1n) is 10.5. The summed E-state index contributed by atoms with van der Waals surface area (Å²) in [5, 5.41) is 20.5. The first-order valence-corrected chi connectivity index (χ1v) is 11.5. The summed E-state index contributed by atoms with van der Waals surface area (Å²) in [5.74, 6) is 1.72. The number of ether oxygens (including phenoxy) is 2. The molecule has 0 aromatic carbocycles. The molecule has 1 aliphatic heterocycles. The second-order valence-corrected chi connectivity index (χ2v) is 8.33. The van der Waals surface area contributed by atoms with E-state index in [9.17, 15) is 14.9 Å². The maximum atomic E-state index is 13.7. The summed E-state index contributed by atoms with van der Waals surface area (Å²) < 4.78 is 24.2. The molecule has 2 aromatic rings. The zero-order valence-electron chi connectivity index (χ0n) is 19.4. The first kappa shape index (κ1) is 25.5. The minimum atomic E-state index is -0.996. The molecule has 0 aliphatic carbocycles. The highest BCUT2D eigenvalue weighted by molar-refractivity contribution is 7.99. The van der Waals surface area contributed by atoms with Crippen LogP contribution in [0.4, 0.5) is 10.2 Å². The second kappa shape index (κ2) is 11.8. The molecular formula is C25H23FN6O2S. The molecule has 0 atom stereocenters. The maximum Gasteiger partial charge on any atom is 0.148 e. The van der Waals surface area contributed by atoms with Gasteiger partial charge in [0.2, 0.25) is 0 Å². The number of thioether (sulfide) groups is 1. The normalized spacial score (nSPS) is 13.9. The first-order chi connectivity index (χ1) is 16.9. The van der Waals surface area contributed by atoms with E-state index < -0.39 is 6.17 Å². The third-order valence-electron chi connectivity index (χ3n) is 5.05. The van der Waals surface area contributed by atoms with Gasteiger partial charge in [0.25, 0.3) is 0 Å². The van der Waals surface area contributed by atoms with Gasteiger partial charge in [-0.1, -0.05) is 24.4 Å². The maximum absolute atomic E-state index is 13.7.